The molecule has 0 saturated heterocycles. The van der Waals surface area contributed by atoms with Crippen LogP contribution in [0.5, 0.6) is 0 Å². The number of hydrogen-bond donors (Lipinski definition) is 2. The van der Waals surface area contributed by atoms with Crippen LogP contribution in [0.1, 0.15) is 17.3 Å². The number of nitrogens with zero attached hydrogens (tertiary/aromatic N) is 3. The van der Waals surface area contributed by atoms with Gasteiger partial charge in [-0.3, -0.25) is 0 Å². The Balaban J connectivity index is 2.10. The van der Waals surface area contributed by atoms with Gasteiger partial charge in [0.1, 0.15) is 11.7 Å². The van der Waals surface area contributed by atoms with Crippen LogP contribution in [0.4, 0.5) is 5.69 Å². The van der Waals surface area contributed by atoms with E-state index in [0.717, 1.165) is 11.3 Å². The Bertz CT molecular complexity index is 786. The van der Waals surface area contributed by atoms with Crippen molar-refractivity contribution < 1.29 is 0 Å². The van der Waals surface area contributed by atoms with Gasteiger partial charge in [-0.05, 0) is 23.8 Å². The van der Waals surface area contributed by atoms with E-state index < -0.39 is 0 Å². The second-order valence-corrected chi connectivity index (χ2v) is 4.94. The Morgan fingerprint density at radius 3 is 2.55 bits per heavy atom. The first-order chi connectivity index (χ1) is 10.7. The minimum absolute atomic E-state index is 0.347. The van der Waals surface area contributed by atoms with Gasteiger partial charge in [-0.2, -0.15) is 5.26 Å². The van der Waals surface area contributed by atoms with E-state index in [0.29, 0.717) is 17.2 Å². The molecular weight excluding hydrogens is 274 g/mol. The normalized spacial score (nSPS) is 17.4. The van der Waals surface area contributed by atoms with Crippen molar-refractivity contribution in [3.05, 3.63) is 77.6 Å². The first-order valence-corrected chi connectivity index (χ1v) is 6.84. The van der Waals surface area contributed by atoms with Crippen LogP contribution in [0.3, 0.4) is 0 Å². The summed E-state index contributed by atoms with van der Waals surface area (Å²) in [5.41, 5.74) is 14.4. The molecule has 0 amide bonds. The molecule has 0 radical (unpaired) electrons. The van der Waals surface area contributed by atoms with Gasteiger partial charge in [0.25, 0.3) is 0 Å². The second kappa shape index (κ2) is 5.62. The molecule has 0 fully saturated rings. The number of nitrogens with two attached hydrogens (primary N) is 2. The summed E-state index contributed by atoms with van der Waals surface area (Å²) in [6.45, 7) is 0. The Morgan fingerprint density at radius 2 is 1.82 bits per heavy atom. The molecule has 0 aliphatic carbocycles. The van der Waals surface area contributed by atoms with Crippen molar-refractivity contribution in [3.63, 3.8) is 0 Å². The molecule has 108 valence electrons. The van der Waals surface area contributed by atoms with Crippen molar-refractivity contribution in [1.29, 1.82) is 5.26 Å². The molecule has 1 aliphatic rings. The summed E-state index contributed by atoms with van der Waals surface area (Å²) in [4.78, 5) is 6.36. The van der Waals surface area contributed by atoms with Crippen LogP contribution in [0, 0.1) is 11.3 Å². The fraction of sp³-hybridized carbons (Fsp3) is 0.0588. The van der Waals surface area contributed by atoms with Crippen molar-refractivity contribution in [2.75, 3.05) is 4.90 Å². The number of rotatable bonds is 2. The van der Waals surface area contributed by atoms with E-state index in [1.807, 2.05) is 47.4 Å². The standard InChI is InChI=1S/C17H15N5/c18-11-12-5-4-8-14(9-12)22-16(20)10-15(19)21-17(22)13-6-2-1-3-7-13/h1-10,17H,20H2,(H2,19,21)/t17-/m0/s1. The summed E-state index contributed by atoms with van der Waals surface area (Å²) in [6, 6.07) is 19.2. The smallest absolute Gasteiger partial charge is 0.154 e. The molecule has 22 heavy (non-hydrogen) atoms. The Hall–Kier alpha value is -3.26. The summed E-state index contributed by atoms with van der Waals surface area (Å²) in [5, 5.41) is 9.09. The Kier molecular flexibility index (Phi) is 3.50. The van der Waals surface area contributed by atoms with E-state index in [-0.39, 0.29) is 6.17 Å². The van der Waals surface area contributed by atoms with Crippen LogP contribution in [0.15, 0.2) is 71.5 Å². The highest BCUT2D eigenvalue weighted by molar-refractivity contribution is 5.94. The summed E-state index contributed by atoms with van der Waals surface area (Å²) in [6.07, 6.45) is 1.28. The number of benzene rings is 2. The minimum Gasteiger partial charge on any atom is -0.385 e. The SMILES string of the molecule is N#Cc1cccc(N2C(N)=CC(N)=N[C@@H]2c2ccccc2)c1. The maximum absolute atomic E-state index is 9.09. The van der Waals surface area contributed by atoms with Crippen molar-refractivity contribution in [3.8, 4) is 6.07 Å². The molecule has 1 aliphatic heterocycles. The highest BCUT2D eigenvalue weighted by Crippen LogP contribution is 2.33. The quantitative estimate of drug-likeness (QED) is 0.886. The van der Waals surface area contributed by atoms with Gasteiger partial charge >= 0.3 is 0 Å². The maximum Gasteiger partial charge on any atom is 0.154 e. The van der Waals surface area contributed by atoms with Crippen LogP contribution < -0.4 is 16.4 Å². The lowest BCUT2D eigenvalue weighted by Gasteiger charge is -2.34. The van der Waals surface area contributed by atoms with Crippen LogP contribution in [0.25, 0.3) is 0 Å². The zero-order valence-corrected chi connectivity index (χ0v) is 11.8. The van der Waals surface area contributed by atoms with E-state index in [4.69, 9.17) is 16.7 Å². The Morgan fingerprint density at radius 1 is 1.05 bits per heavy atom. The lowest BCUT2D eigenvalue weighted by atomic mass is 10.1. The molecule has 4 N–H and O–H groups in total. The number of hydrogen-bond acceptors (Lipinski definition) is 5. The van der Waals surface area contributed by atoms with Crippen LogP contribution in [0.2, 0.25) is 0 Å². The third-order valence-corrected chi connectivity index (χ3v) is 3.44. The molecule has 2 aromatic rings. The molecule has 1 atom stereocenters. The molecule has 5 heteroatoms. The molecule has 0 bridgehead atoms. The van der Waals surface area contributed by atoms with Gasteiger partial charge in [0.05, 0.1) is 11.6 Å². The topological polar surface area (TPSA) is 91.4 Å². The number of anilines is 1. The molecule has 3 rings (SSSR count). The molecular formula is C17H15N5. The number of nitriles is 1. The average Bonchev–Trinajstić information content (AvgIpc) is 2.55. The predicted molar refractivity (Wildman–Crippen MR) is 86.7 cm³/mol. The fourth-order valence-electron chi connectivity index (χ4n) is 2.46. The third kappa shape index (κ3) is 2.50. The molecule has 0 spiro atoms. The van der Waals surface area contributed by atoms with E-state index in [9.17, 15) is 0 Å². The van der Waals surface area contributed by atoms with E-state index in [1.165, 1.54) is 0 Å². The van der Waals surface area contributed by atoms with Gasteiger partial charge < -0.3 is 16.4 Å². The summed E-state index contributed by atoms with van der Waals surface area (Å²) in [7, 11) is 0. The lowest BCUT2D eigenvalue weighted by Crippen LogP contribution is -2.36. The highest BCUT2D eigenvalue weighted by Gasteiger charge is 2.26. The van der Waals surface area contributed by atoms with Gasteiger partial charge in [-0.25, -0.2) is 4.99 Å². The van der Waals surface area contributed by atoms with Crippen LogP contribution >= 0.6 is 0 Å². The monoisotopic (exact) mass is 289 g/mol. The van der Waals surface area contributed by atoms with E-state index in [2.05, 4.69) is 11.1 Å². The predicted octanol–water partition coefficient (Wildman–Crippen LogP) is 2.23. The van der Waals surface area contributed by atoms with Crippen LogP contribution in [-0.2, 0) is 0 Å². The molecule has 2 aromatic carbocycles. The average molecular weight is 289 g/mol. The minimum atomic E-state index is -0.347. The third-order valence-electron chi connectivity index (χ3n) is 3.44. The summed E-state index contributed by atoms with van der Waals surface area (Å²) in [5.74, 6) is 0.885. The van der Waals surface area contributed by atoms with Gasteiger partial charge in [-0.1, -0.05) is 36.4 Å². The van der Waals surface area contributed by atoms with Crippen molar-refractivity contribution in [1.82, 2.24) is 0 Å². The highest BCUT2D eigenvalue weighted by atomic mass is 15.3. The number of amidine groups is 1. The molecule has 0 aromatic heterocycles. The van der Waals surface area contributed by atoms with Gasteiger partial charge in [0.15, 0.2) is 6.17 Å². The number of aliphatic imine (C=N–C) groups is 1. The molecule has 1 heterocycles. The van der Waals surface area contributed by atoms with Gasteiger partial charge in [0, 0.05) is 11.8 Å². The first-order valence-electron chi connectivity index (χ1n) is 6.84. The maximum atomic E-state index is 9.09. The van der Waals surface area contributed by atoms with Gasteiger partial charge in [-0.15, -0.1) is 0 Å². The summed E-state index contributed by atoms with van der Waals surface area (Å²) < 4.78 is 0. The zero-order chi connectivity index (χ0) is 15.5. The van der Waals surface area contributed by atoms with Gasteiger partial charge in [0.2, 0.25) is 0 Å². The lowest BCUT2D eigenvalue weighted by molar-refractivity contribution is 0.693. The van der Waals surface area contributed by atoms with Crippen molar-refractivity contribution in [2.24, 2.45) is 16.5 Å². The van der Waals surface area contributed by atoms with Crippen molar-refractivity contribution >= 4 is 11.5 Å². The second-order valence-electron chi connectivity index (χ2n) is 4.94. The summed E-state index contributed by atoms with van der Waals surface area (Å²) >= 11 is 0. The zero-order valence-electron chi connectivity index (χ0n) is 11.8. The molecule has 0 saturated carbocycles. The largest absolute Gasteiger partial charge is 0.385 e. The van der Waals surface area contributed by atoms with Crippen LogP contribution in [-0.4, -0.2) is 5.84 Å². The van der Waals surface area contributed by atoms with E-state index >= 15 is 0 Å². The Labute approximate surface area is 128 Å². The fourth-order valence-corrected chi connectivity index (χ4v) is 2.46. The van der Waals surface area contributed by atoms with E-state index in [1.54, 1.807) is 18.2 Å². The first kappa shape index (κ1) is 13.7. The molecule has 0 unspecified atom stereocenters. The van der Waals surface area contributed by atoms with Crippen molar-refractivity contribution in [2.45, 2.75) is 6.17 Å². The molecule has 5 nitrogen and oxygen atoms in total.